The van der Waals surface area contributed by atoms with E-state index >= 15 is 0 Å². The molecule has 3 aromatic heterocycles. The molecule has 0 amide bonds. The molecule has 0 saturated carbocycles. The molecule has 0 bridgehead atoms. The van der Waals surface area contributed by atoms with E-state index in [1.807, 2.05) is 39.0 Å². The second kappa shape index (κ2) is 12.0. The molecule has 39 heavy (non-hydrogen) atoms. The number of sulfone groups is 1. The van der Waals surface area contributed by atoms with E-state index in [9.17, 15) is 13.5 Å². The molecule has 0 aliphatic carbocycles. The lowest BCUT2D eigenvalue weighted by Gasteiger charge is -2.23. The fourth-order valence-corrected chi connectivity index (χ4v) is 5.63. The minimum Gasteiger partial charge on any atom is -0.495 e. The van der Waals surface area contributed by atoms with E-state index in [0.29, 0.717) is 22.8 Å². The standard InChI is InChI=1S/C27H32N6O5S/c1-17-11-21(15-28-12-17)27-32-31-23(33(27)24-19(3)7-6-8-22(24)37-5)16-39(35,36)20(4)25(38-10-9-34)26-29-13-18(2)14-30-26/h6-8,11-15,20,25,34H,9-10,16H2,1-5H3/t20-,25-/m0/s1. The van der Waals surface area contributed by atoms with Crippen LogP contribution in [0.1, 0.15) is 41.4 Å². The number of methoxy groups -OCH3 is 1. The molecule has 11 nitrogen and oxygen atoms in total. The first-order valence-corrected chi connectivity index (χ1v) is 14.1. The normalized spacial score (nSPS) is 13.3. The van der Waals surface area contributed by atoms with Gasteiger partial charge in [0.1, 0.15) is 17.6 Å². The highest BCUT2D eigenvalue weighted by Crippen LogP contribution is 2.33. The zero-order valence-corrected chi connectivity index (χ0v) is 23.4. The molecule has 4 rings (SSSR count). The molecule has 206 valence electrons. The van der Waals surface area contributed by atoms with E-state index in [1.54, 1.807) is 49.5 Å². The Labute approximate surface area is 227 Å². The average molecular weight is 553 g/mol. The van der Waals surface area contributed by atoms with Crippen LogP contribution in [0.15, 0.2) is 49.1 Å². The van der Waals surface area contributed by atoms with E-state index in [4.69, 9.17) is 9.47 Å². The molecule has 2 atom stereocenters. The Morgan fingerprint density at radius 3 is 2.44 bits per heavy atom. The van der Waals surface area contributed by atoms with Gasteiger partial charge >= 0.3 is 0 Å². The van der Waals surface area contributed by atoms with Crippen LogP contribution in [0.5, 0.6) is 5.75 Å². The van der Waals surface area contributed by atoms with Gasteiger partial charge in [0.2, 0.25) is 0 Å². The summed E-state index contributed by atoms with van der Waals surface area (Å²) in [5.74, 6) is 0.963. The number of nitrogens with zero attached hydrogens (tertiary/aromatic N) is 6. The highest BCUT2D eigenvalue weighted by atomic mass is 32.2. The Bertz CT molecular complexity index is 1540. The van der Waals surface area contributed by atoms with Gasteiger partial charge in [-0.2, -0.15) is 0 Å². The number of rotatable bonds is 11. The minimum absolute atomic E-state index is 0.0666. The zero-order chi connectivity index (χ0) is 28.2. The van der Waals surface area contributed by atoms with Gasteiger partial charge in [0.05, 0.1) is 31.3 Å². The smallest absolute Gasteiger partial charge is 0.170 e. The van der Waals surface area contributed by atoms with Gasteiger partial charge in [-0.15, -0.1) is 10.2 Å². The Morgan fingerprint density at radius 1 is 1.03 bits per heavy atom. The predicted molar refractivity (Wildman–Crippen MR) is 145 cm³/mol. The number of aryl methyl sites for hydroxylation is 3. The van der Waals surface area contributed by atoms with Crippen LogP contribution >= 0.6 is 0 Å². The second-order valence-corrected chi connectivity index (χ2v) is 11.7. The Hall–Kier alpha value is -3.74. The summed E-state index contributed by atoms with van der Waals surface area (Å²) in [6.07, 6.45) is 5.59. The maximum atomic E-state index is 13.8. The fourth-order valence-electron chi connectivity index (χ4n) is 4.24. The SMILES string of the molecule is COc1cccc(C)c1-n1c(CS(=O)(=O)[C@@H](C)[C@H](OCCO)c2ncc(C)cn2)nnc1-c1cncc(C)c1. The third kappa shape index (κ3) is 6.13. The number of aromatic nitrogens is 6. The van der Waals surface area contributed by atoms with Gasteiger partial charge in [0, 0.05) is 30.4 Å². The number of hydrogen-bond donors (Lipinski definition) is 1. The first-order valence-electron chi connectivity index (χ1n) is 12.4. The van der Waals surface area contributed by atoms with Gasteiger partial charge in [0.15, 0.2) is 27.3 Å². The summed E-state index contributed by atoms with van der Waals surface area (Å²) in [6.45, 7) is 6.86. The van der Waals surface area contributed by atoms with Crippen LogP contribution < -0.4 is 4.74 Å². The van der Waals surface area contributed by atoms with Crippen LogP contribution in [0, 0.1) is 20.8 Å². The summed E-state index contributed by atoms with van der Waals surface area (Å²) in [5.41, 5.74) is 3.91. The van der Waals surface area contributed by atoms with Crippen LogP contribution in [-0.2, 0) is 20.3 Å². The highest BCUT2D eigenvalue weighted by molar-refractivity contribution is 7.91. The Morgan fingerprint density at radius 2 is 1.77 bits per heavy atom. The maximum absolute atomic E-state index is 13.8. The van der Waals surface area contributed by atoms with Gasteiger partial charge < -0.3 is 14.6 Å². The number of aliphatic hydroxyl groups excluding tert-OH is 1. The maximum Gasteiger partial charge on any atom is 0.170 e. The molecule has 0 radical (unpaired) electrons. The van der Waals surface area contributed by atoms with Crippen molar-refractivity contribution in [1.82, 2.24) is 29.7 Å². The summed E-state index contributed by atoms with van der Waals surface area (Å²) in [7, 11) is -2.35. The fraction of sp³-hybridized carbons (Fsp3) is 0.370. The van der Waals surface area contributed by atoms with Gasteiger partial charge in [0.25, 0.3) is 0 Å². The number of benzene rings is 1. The van der Waals surface area contributed by atoms with E-state index in [0.717, 1.165) is 16.7 Å². The molecule has 0 spiro atoms. The van der Waals surface area contributed by atoms with Crippen molar-refractivity contribution in [3.8, 4) is 22.8 Å². The lowest BCUT2D eigenvalue weighted by Crippen LogP contribution is -2.31. The molecular weight excluding hydrogens is 520 g/mol. The molecule has 1 N–H and O–H groups in total. The molecule has 0 aliphatic rings. The molecule has 0 fully saturated rings. The van der Waals surface area contributed by atoms with E-state index < -0.39 is 26.9 Å². The Balaban J connectivity index is 1.81. The van der Waals surface area contributed by atoms with Crippen molar-refractivity contribution in [2.45, 2.75) is 44.8 Å². The van der Waals surface area contributed by atoms with Crippen LogP contribution in [0.25, 0.3) is 17.1 Å². The third-order valence-electron chi connectivity index (χ3n) is 6.27. The van der Waals surface area contributed by atoms with Crippen molar-refractivity contribution in [1.29, 1.82) is 0 Å². The molecular formula is C27H32N6O5S. The molecule has 0 unspecified atom stereocenters. The lowest BCUT2D eigenvalue weighted by molar-refractivity contribution is 0.0226. The second-order valence-electron chi connectivity index (χ2n) is 9.30. The molecule has 3 heterocycles. The van der Waals surface area contributed by atoms with Crippen molar-refractivity contribution in [3.63, 3.8) is 0 Å². The monoisotopic (exact) mass is 552 g/mol. The highest BCUT2D eigenvalue weighted by Gasteiger charge is 2.35. The lowest BCUT2D eigenvalue weighted by atomic mass is 10.1. The quantitative estimate of drug-likeness (QED) is 0.295. The summed E-state index contributed by atoms with van der Waals surface area (Å²) in [6, 6.07) is 7.48. The van der Waals surface area contributed by atoms with Crippen molar-refractivity contribution in [2.75, 3.05) is 20.3 Å². The van der Waals surface area contributed by atoms with Crippen molar-refractivity contribution < 1.29 is 23.0 Å². The first kappa shape index (κ1) is 28.3. The predicted octanol–water partition coefficient (Wildman–Crippen LogP) is 3.11. The molecule has 0 aliphatic heterocycles. The largest absolute Gasteiger partial charge is 0.495 e. The topological polar surface area (TPSA) is 142 Å². The van der Waals surface area contributed by atoms with E-state index in [-0.39, 0.29) is 24.9 Å². The molecule has 4 aromatic rings. The van der Waals surface area contributed by atoms with E-state index in [1.165, 1.54) is 0 Å². The van der Waals surface area contributed by atoms with E-state index in [2.05, 4.69) is 25.1 Å². The number of pyridine rings is 1. The van der Waals surface area contributed by atoms with Gasteiger partial charge in [-0.1, -0.05) is 12.1 Å². The molecule has 1 aromatic carbocycles. The number of ether oxygens (including phenoxy) is 2. The Kier molecular flexibility index (Phi) is 8.68. The minimum atomic E-state index is -3.91. The number of hydrogen-bond acceptors (Lipinski definition) is 10. The summed E-state index contributed by atoms with van der Waals surface area (Å²) >= 11 is 0. The van der Waals surface area contributed by atoms with Crippen LogP contribution in [0.2, 0.25) is 0 Å². The summed E-state index contributed by atoms with van der Waals surface area (Å²) < 4.78 is 40.8. The van der Waals surface area contributed by atoms with Crippen molar-refractivity contribution in [3.05, 3.63) is 77.4 Å². The van der Waals surface area contributed by atoms with Gasteiger partial charge in [-0.25, -0.2) is 18.4 Å². The summed E-state index contributed by atoms with van der Waals surface area (Å²) in [4.78, 5) is 12.9. The first-order chi connectivity index (χ1) is 18.7. The number of para-hydroxylation sites is 1. The van der Waals surface area contributed by atoms with Crippen molar-refractivity contribution >= 4 is 9.84 Å². The average Bonchev–Trinajstić information content (AvgIpc) is 3.31. The summed E-state index contributed by atoms with van der Waals surface area (Å²) in [5, 5.41) is 17.0. The van der Waals surface area contributed by atoms with Crippen LogP contribution in [0.4, 0.5) is 0 Å². The third-order valence-corrected chi connectivity index (χ3v) is 8.32. The van der Waals surface area contributed by atoms with Gasteiger partial charge in [-0.05, 0) is 56.5 Å². The van der Waals surface area contributed by atoms with Gasteiger partial charge in [-0.3, -0.25) is 9.55 Å². The molecule has 12 heteroatoms. The van der Waals surface area contributed by atoms with Crippen LogP contribution in [-0.4, -0.2) is 68.8 Å². The van der Waals surface area contributed by atoms with Crippen LogP contribution in [0.3, 0.4) is 0 Å². The molecule has 0 saturated heterocycles. The zero-order valence-electron chi connectivity index (χ0n) is 22.6. The van der Waals surface area contributed by atoms with Crippen molar-refractivity contribution in [2.24, 2.45) is 0 Å². The number of aliphatic hydroxyl groups is 1.